The van der Waals surface area contributed by atoms with Crippen LogP contribution in [0.25, 0.3) is 0 Å². The first-order valence-corrected chi connectivity index (χ1v) is 16.5. The number of hydrogen-bond donors (Lipinski definition) is 3. The number of ether oxygens (including phenoxy) is 1. The normalized spacial score (nSPS) is 19.9. The lowest BCUT2D eigenvalue weighted by atomic mass is 9.76. The summed E-state index contributed by atoms with van der Waals surface area (Å²) in [5, 5.41) is 6.76. The molecule has 0 saturated carbocycles. The fourth-order valence-corrected chi connectivity index (χ4v) is 7.99. The molecule has 3 atom stereocenters. The van der Waals surface area contributed by atoms with Crippen molar-refractivity contribution in [3.8, 4) is 0 Å². The number of piperazine rings is 1. The van der Waals surface area contributed by atoms with Crippen LogP contribution in [0.3, 0.4) is 0 Å². The van der Waals surface area contributed by atoms with E-state index in [4.69, 9.17) is 22.1 Å². The van der Waals surface area contributed by atoms with E-state index in [2.05, 4.69) is 10.6 Å². The minimum Gasteiger partial charge on any atom is -0.381 e. The molecule has 4 N–H and O–H groups in total. The Hall–Kier alpha value is -2.86. The fourth-order valence-electron chi connectivity index (χ4n) is 6.19. The van der Waals surface area contributed by atoms with Crippen LogP contribution in [0, 0.1) is 11.7 Å². The highest BCUT2D eigenvalue weighted by molar-refractivity contribution is 7.89. The van der Waals surface area contributed by atoms with Crippen LogP contribution in [0.2, 0.25) is 5.02 Å². The van der Waals surface area contributed by atoms with Crippen LogP contribution in [0.4, 0.5) is 10.1 Å². The highest BCUT2D eigenvalue weighted by Gasteiger charge is 2.36. The van der Waals surface area contributed by atoms with Crippen LogP contribution in [0.15, 0.2) is 77.7 Å². The van der Waals surface area contributed by atoms with E-state index < -0.39 is 27.8 Å². The second-order valence-corrected chi connectivity index (χ2v) is 13.5. The first-order valence-electron chi connectivity index (χ1n) is 14.7. The van der Waals surface area contributed by atoms with E-state index in [1.54, 1.807) is 54.6 Å². The summed E-state index contributed by atoms with van der Waals surface area (Å²) in [5.74, 6) is -1.01. The number of rotatable bonds is 10. The van der Waals surface area contributed by atoms with Gasteiger partial charge in [0.2, 0.25) is 15.9 Å². The van der Waals surface area contributed by atoms with Crippen molar-refractivity contribution in [1.82, 2.24) is 9.62 Å². The predicted molar refractivity (Wildman–Crippen MR) is 166 cm³/mol. The number of carbonyl (C=O) groups is 1. The van der Waals surface area contributed by atoms with E-state index in [0.717, 1.165) is 18.4 Å². The quantitative estimate of drug-likeness (QED) is 0.304. The van der Waals surface area contributed by atoms with E-state index >= 15 is 4.39 Å². The van der Waals surface area contributed by atoms with Crippen molar-refractivity contribution in [2.24, 2.45) is 11.7 Å². The average Bonchev–Trinajstić information content (AvgIpc) is 3.03. The number of sulfonamides is 1. The Bertz CT molecular complexity index is 1490. The second-order valence-electron chi connectivity index (χ2n) is 11.1. The molecule has 5 rings (SSSR count). The molecule has 2 fully saturated rings. The molecule has 1 amide bonds. The van der Waals surface area contributed by atoms with Gasteiger partial charge in [0.15, 0.2) is 0 Å². The van der Waals surface area contributed by atoms with E-state index in [0.29, 0.717) is 55.5 Å². The SMILES string of the molecule is N[C@H](C(=O)Nc1cccc(F)c1CC[C@H]1CNCCN1S(=O)(=O)c1ccccc1)C(c1ccc(Cl)cc1)C1CCOCC1. The van der Waals surface area contributed by atoms with Crippen LogP contribution in [0.5, 0.6) is 0 Å². The van der Waals surface area contributed by atoms with Crippen LogP contribution < -0.4 is 16.4 Å². The van der Waals surface area contributed by atoms with Gasteiger partial charge in [0.1, 0.15) is 5.82 Å². The standard InChI is InChI=1S/C32H38ClFN4O4S/c33-24-11-9-22(10-12-24)30(23-15-19-42-20-16-23)31(35)32(39)37-29-8-4-7-28(34)27(29)14-13-25-21-36-17-18-38(25)43(40,41)26-5-2-1-3-6-26/h1-12,23,25,30-31,36H,13-21,35H2,(H,37,39)/t25-,30?,31-/m0/s1. The van der Waals surface area contributed by atoms with Gasteiger partial charge in [-0.3, -0.25) is 4.79 Å². The van der Waals surface area contributed by atoms with Crippen molar-refractivity contribution in [3.05, 3.63) is 94.8 Å². The van der Waals surface area contributed by atoms with Gasteiger partial charge in [-0.05, 0) is 73.6 Å². The summed E-state index contributed by atoms with van der Waals surface area (Å²) in [6.45, 7) is 2.49. The van der Waals surface area contributed by atoms with Crippen molar-refractivity contribution < 1.29 is 22.3 Å². The Labute approximate surface area is 257 Å². The number of nitrogens with one attached hydrogen (secondary N) is 2. The maximum atomic E-state index is 15.2. The third kappa shape index (κ3) is 7.45. The molecule has 11 heteroatoms. The lowest BCUT2D eigenvalue weighted by Crippen LogP contribution is -2.53. The number of benzene rings is 3. The minimum atomic E-state index is -3.72. The van der Waals surface area contributed by atoms with Gasteiger partial charge in [0.05, 0.1) is 10.9 Å². The van der Waals surface area contributed by atoms with Crippen molar-refractivity contribution in [3.63, 3.8) is 0 Å². The lowest BCUT2D eigenvalue weighted by Gasteiger charge is -2.35. The molecule has 0 bridgehead atoms. The zero-order chi connectivity index (χ0) is 30.4. The zero-order valence-electron chi connectivity index (χ0n) is 23.9. The van der Waals surface area contributed by atoms with Crippen molar-refractivity contribution >= 4 is 33.2 Å². The van der Waals surface area contributed by atoms with E-state index in [9.17, 15) is 13.2 Å². The molecule has 43 heavy (non-hydrogen) atoms. The monoisotopic (exact) mass is 628 g/mol. The lowest BCUT2D eigenvalue weighted by molar-refractivity contribution is -0.118. The molecule has 8 nitrogen and oxygen atoms in total. The molecular weight excluding hydrogens is 591 g/mol. The van der Waals surface area contributed by atoms with Gasteiger partial charge < -0.3 is 21.1 Å². The van der Waals surface area contributed by atoms with Gasteiger partial charge in [0, 0.05) is 61.1 Å². The molecule has 0 aromatic heterocycles. The Morgan fingerprint density at radius 2 is 1.79 bits per heavy atom. The van der Waals surface area contributed by atoms with Gasteiger partial charge >= 0.3 is 0 Å². The molecule has 0 aliphatic carbocycles. The Morgan fingerprint density at radius 3 is 2.51 bits per heavy atom. The number of anilines is 1. The number of hydrogen-bond acceptors (Lipinski definition) is 6. The number of amides is 1. The highest BCUT2D eigenvalue weighted by Crippen LogP contribution is 2.35. The van der Waals surface area contributed by atoms with Crippen LogP contribution >= 0.6 is 11.6 Å². The van der Waals surface area contributed by atoms with Crippen LogP contribution in [-0.4, -0.2) is 63.6 Å². The molecule has 3 aromatic carbocycles. The molecule has 2 saturated heterocycles. The van der Waals surface area contributed by atoms with E-state index in [1.165, 1.54) is 10.4 Å². The predicted octanol–water partition coefficient (Wildman–Crippen LogP) is 4.55. The van der Waals surface area contributed by atoms with Crippen molar-refractivity contribution in [1.29, 1.82) is 0 Å². The first kappa shape index (κ1) is 31.6. The average molecular weight is 629 g/mol. The van der Waals surface area contributed by atoms with Crippen molar-refractivity contribution in [2.75, 3.05) is 38.2 Å². The summed E-state index contributed by atoms with van der Waals surface area (Å²) in [6.07, 6.45) is 2.14. The van der Waals surface area contributed by atoms with Crippen LogP contribution in [-0.2, 0) is 26.0 Å². The molecule has 3 aromatic rings. The summed E-state index contributed by atoms with van der Waals surface area (Å²) in [6, 6.07) is 19.0. The third-order valence-electron chi connectivity index (χ3n) is 8.47. The van der Waals surface area contributed by atoms with Gasteiger partial charge in [-0.1, -0.05) is 48.0 Å². The summed E-state index contributed by atoms with van der Waals surface area (Å²) < 4.78 is 49.2. The fraction of sp³-hybridized carbons (Fsp3) is 0.406. The van der Waals surface area contributed by atoms with Gasteiger partial charge in [0.25, 0.3) is 0 Å². The van der Waals surface area contributed by atoms with Gasteiger partial charge in [-0.2, -0.15) is 4.31 Å². The molecule has 2 heterocycles. The molecule has 230 valence electrons. The van der Waals surface area contributed by atoms with Gasteiger partial charge in [-0.15, -0.1) is 0 Å². The number of nitrogens with zero attached hydrogens (tertiary/aromatic N) is 1. The number of nitrogens with two attached hydrogens (primary N) is 1. The van der Waals surface area contributed by atoms with E-state index in [-0.39, 0.29) is 29.2 Å². The third-order valence-corrected chi connectivity index (χ3v) is 10.7. The molecular formula is C32H38ClFN4O4S. The van der Waals surface area contributed by atoms with Crippen LogP contribution in [0.1, 0.15) is 36.3 Å². The molecule has 1 unspecified atom stereocenters. The Kier molecular flexibility index (Phi) is 10.5. The molecule has 2 aliphatic heterocycles. The largest absolute Gasteiger partial charge is 0.381 e. The Balaban J connectivity index is 1.33. The Morgan fingerprint density at radius 1 is 1.07 bits per heavy atom. The maximum absolute atomic E-state index is 15.2. The molecule has 0 radical (unpaired) electrons. The minimum absolute atomic E-state index is 0.138. The number of halogens is 2. The second kappa shape index (κ2) is 14.3. The highest BCUT2D eigenvalue weighted by atomic mass is 35.5. The topological polar surface area (TPSA) is 114 Å². The number of carbonyl (C=O) groups excluding carboxylic acids is 1. The van der Waals surface area contributed by atoms with Gasteiger partial charge in [-0.25, -0.2) is 12.8 Å². The molecule has 0 spiro atoms. The summed E-state index contributed by atoms with van der Waals surface area (Å²) >= 11 is 6.13. The summed E-state index contributed by atoms with van der Waals surface area (Å²) in [5.41, 5.74) is 8.22. The molecule has 2 aliphatic rings. The van der Waals surface area contributed by atoms with Crippen molar-refractivity contribution in [2.45, 2.75) is 48.6 Å². The van der Waals surface area contributed by atoms with E-state index in [1.807, 2.05) is 12.1 Å². The first-order chi connectivity index (χ1) is 20.8. The summed E-state index contributed by atoms with van der Waals surface area (Å²) in [7, 11) is -3.72. The summed E-state index contributed by atoms with van der Waals surface area (Å²) in [4.78, 5) is 13.9. The zero-order valence-corrected chi connectivity index (χ0v) is 25.5. The smallest absolute Gasteiger partial charge is 0.243 e. The maximum Gasteiger partial charge on any atom is 0.243 e.